The molecule has 23 heavy (non-hydrogen) atoms. The summed E-state index contributed by atoms with van der Waals surface area (Å²) >= 11 is 0. The molecule has 1 aromatic heterocycles. The van der Waals surface area contributed by atoms with E-state index in [0.717, 1.165) is 12.0 Å². The third kappa shape index (κ3) is 5.33. The molecule has 1 N–H and O–H groups in total. The Morgan fingerprint density at radius 3 is 2.87 bits per heavy atom. The van der Waals surface area contributed by atoms with E-state index >= 15 is 0 Å². The molecule has 0 spiro atoms. The molecule has 1 aromatic carbocycles. The average molecular weight is 339 g/mol. The zero-order valence-electron chi connectivity index (χ0n) is 13.3. The number of benzene rings is 1. The summed E-state index contributed by atoms with van der Waals surface area (Å²) in [7, 11) is -1.64. The molecule has 0 atom stereocenters. The van der Waals surface area contributed by atoms with Crippen LogP contribution >= 0.6 is 0 Å². The lowest BCUT2D eigenvalue weighted by molar-refractivity contribution is 0.414. The van der Waals surface area contributed by atoms with Crippen molar-refractivity contribution in [3.8, 4) is 17.2 Å². The molecular weight excluding hydrogens is 318 g/mol. The quantitative estimate of drug-likeness (QED) is 0.751. The van der Waals surface area contributed by atoms with E-state index in [0.29, 0.717) is 30.4 Å². The van der Waals surface area contributed by atoms with E-state index in [2.05, 4.69) is 14.9 Å². The highest BCUT2D eigenvalue weighted by Crippen LogP contribution is 2.22. The Bertz CT molecular complexity index is 728. The maximum absolute atomic E-state index is 11.7. The average Bonchev–Trinajstić information content (AvgIpc) is 3.02. The lowest BCUT2D eigenvalue weighted by Gasteiger charge is -2.04. The molecule has 0 aliphatic rings. The van der Waals surface area contributed by atoms with Crippen molar-refractivity contribution < 1.29 is 17.6 Å². The van der Waals surface area contributed by atoms with Gasteiger partial charge < -0.3 is 9.15 Å². The summed E-state index contributed by atoms with van der Waals surface area (Å²) in [6.07, 6.45) is 1.84. The zero-order chi connectivity index (χ0) is 16.7. The van der Waals surface area contributed by atoms with Crippen LogP contribution in [0.5, 0.6) is 5.75 Å². The van der Waals surface area contributed by atoms with Gasteiger partial charge in [-0.1, -0.05) is 19.4 Å². The van der Waals surface area contributed by atoms with Crippen molar-refractivity contribution >= 4 is 10.0 Å². The minimum absolute atomic E-state index is 0.141. The van der Waals surface area contributed by atoms with E-state index in [1.54, 1.807) is 13.2 Å². The Morgan fingerprint density at radius 2 is 2.13 bits per heavy atom. The van der Waals surface area contributed by atoms with Gasteiger partial charge >= 0.3 is 0 Å². The van der Waals surface area contributed by atoms with Gasteiger partial charge in [0.05, 0.1) is 12.9 Å². The monoisotopic (exact) mass is 339 g/mol. The normalized spacial score (nSPS) is 11.6. The largest absolute Gasteiger partial charge is 0.497 e. The molecule has 8 heteroatoms. The number of unbranched alkanes of at least 4 members (excludes halogenated alkanes) is 1. The van der Waals surface area contributed by atoms with Crippen LogP contribution in [0.3, 0.4) is 0 Å². The Balaban J connectivity index is 1.92. The predicted molar refractivity (Wildman–Crippen MR) is 86.7 cm³/mol. The number of hydrogen-bond donors (Lipinski definition) is 1. The van der Waals surface area contributed by atoms with Crippen LogP contribution in [0.15, 0.2) is 28.7 Å². The van der Waals surface area contributed by atoms with Crippen LogP contribution < -0.4 is 9.46 Å². The molecule has 0 aliphatic heterocycles. The van der Waals surface area contributed by atoms with Crippen LogP contribution in [0.25, 0.3) is 11.5 Å². The highest BCUT2D eigenvalue weighted by Gasteiger charge is 2.12. The lowest BCUT2D eigenvalue weighted by Crippen LogP contribution is -2.28. The topological polar surface area (TPSA) is 94.3 Å². The first-order chi connectivity index (χ1) is 11.0. The van der Waals surface area contributed by atoms with Crippen LogP contribution in [0.2, 0.25) is 0 Å². The van der Waals surface area contributed by atoms with E-state index in [1.807, 2.05) is 25.1 Å². The molecule has 2 aromatic rings. The molecule has 1 heterocycles. The van der Waals surface area contributed by atoms with E-state index in [9.17, 15) is 8.42 Å². The summed E-state index contributed by atoms with van der Waals surface area (Å²) in [4.78, 5) is 0. The molecule has 0 radical (unpaired) electrons. The second kappa shape index (κ2) is 8.07. The minimum atomic E-state index is -3.22. The summed E-state index contributed by atoms with van der Waals surface area (Å²) in [5, 5.41) is 7.91. The van der Waals surface area contributed by atoms with E-state index in [4.69, 9.17) is 9.15 Å². The first-order valence-electron chi connectivity index (χ1n) is 7.48. The summed E-state index contributed by atoms with van der Waals surface area (Å²) < 4.78 is 36.6. The number of sulfonamides is 1. The second-order valence-corrected chi connectivity index (χ2v) is 6.98. The second-order valence-electron chi connectivity index (χ2n) is 5.05. The summed E-state index contributed by atoms with van der Waals surface area (Å²) in [5.74, 6) is 1.61. The predicted octanol–water partition coefficient (Wildman–Crippen LogP) is 2.01. The van der Waals surface area contributed by atoms with Crippen molar-refractivity contribution in [1.29, 1.82) is 0 Å². The number of rotatable bonds is 9. The van der Waals surface area contributed by atoms with Crippen molar-refractivity contribution in [2.75, 3.05) is 19.4 Å². The first kappa shape index (κ1) is 17.4. The number of methoxy groups -OCH3 is 1. The molecule has 0 fully saturated rings. The van der Waals surface area contributed by atoms with Gasteiger partial charge in [0, 0.05) is 18.5 Å². The molecule has 7 nitrogen and oxygen atoms in total. The third-order valence-electron chi connectivity index (χ3n) is 3.21. The zero-order valence-corrected chi connectivity index (χ0v) is 14.1. The Labute approximate surface area is 136 Å². The third-order valence-corrected chi connectivity index (χ3v) is 4.68. The standard InChI is InChI=1S/C15H21N3O4S/c1-3-4-10-23(19,20)16-9-8-14-17-18-15(22-14)12-6-5-7-13(11-12)21-2/h5-7,11,16H,3-4,8-10H2,1-2H3. The Morgan fingerprint density at radius 1 is 1.30 bits per heavy atom. The van der Waals surface area contributed by atoms with Gasteiger partial charge in [-0.05, 0) is 24.6 Å². The molecule has 0 amide bonds. The van der Waals surface area contributed by atoms with Crippen LogP contribution in [0.1, 0.15) is 25.7 Å². The molecule has 0 saturated heterocycles. The smallest absolute Gasteiger partial charge is 0.247 e. The van der Waals surface area contributed by atoms with Crippen LogP contribution in [0, 0.1) is 0 Å². The Hall–Kier alpha value is -1.93. The van der Waals surface area contributed by atoms with Gasteiger partial charge in [-0.3, -0.25) is 0 Å². The van der Waals surface area contributed by atoms with E-state index < -0.39 is 10.0 Å². The minimum Gasteiger partial charge on any atom is -0.497 e. The summed E-state index contributed by atoms with van der Waals surface area (Å²) in [6.45, 7) is 2.19. The van der Waals surface area contributed by atoms with Gasteiger partial charge in [-0.15, -0.1) is 10.2 Å². The van der Waals surface area contributed by atoms with Crippen molar-refractivity contribution in [1.82, 2.24) is 14.9 Å². The highest BCUT2D eigenvalue weighted by molar-refractivity contribution is 7.89. The molecule has 0 bridgehead atoms. The lowest BCUT2D eigenvalue weighted by atomic mass is 10.2. The van der Waals surface area contributed by atoms with Gasteiger partial charge in [0.25, 0.3) is 0 Å². The van der Waals surface area contributed by atoms with Gasteiger partial charge in [-0.25, -0.2) is 13.1 Å². The van der Waals surface area contributed by atoms with E-state index in [1.165, 1.54) is 0 Å². The maximum Gasteiger partial charge on any atom is 0.247 e. The summed E-state index contributed by atoms with van der Waals surface area (Å²) in [6, 6.07) is 7.30. The van der Waals surface area contributed by atoms with Gasteiger partial charge in [0.2, 0.25) is 21.8 Å². The number of ether oxygens (including phenoxy) is 1. The van der Waals surface area contributed by atoms with Gasteiger partial charge in [0.15, 0.2) is 0 Å². The fourth-order valence-electron chi connectivity index (χ4n) is 1.95. The molecule has 2 rings (SSSR count). The fourth-order valence-corrected chi connectivity index (χ4v) is 3.17. The van der Waals surface area contributed by atoms with Crippen molar-refractivity contribution in [2.45, 2.75) is 26.2 Å². The fraction of sp³-hybridized carbons (Fsp3) is 0.467. The number of nitrogens with one attached hydrogen (secondary N) is 1. The van der Waals surface area contributed by atoms with Gasteiger partial charge in [0.1, 0.15) is 5.75 Å². The van der Waals surface area contributed by atoms with Crippen LogP contribution in [0.4, 0.5) is 0 Å². The van der Waals surface area contributed by atoms with E-state index in [-0.39, 0.29) is 12.3 Å². The first-order valence-corrected chi connectivity index (χ1v) is 9.13. The maximum atomic E-state index is 11.7. The molecule has 126 valence electrons. The van der Waals surface area contributed by atoms with Crippen molar-refractivity contribution in [3.05, 3.63) is 30.2 Å². The Kier molecular flexibility index (Phi) is 6.12. The molecule has 0 aliphatic carbocycles. The number of nitrogens with zero attached hydrogens (tertiary/aromatic N) is 2. The molecule has 0 saturated carbocycles. The van der Waals surface area contributed by atoms with Crippen molar-refractivity contribution in [3.63, 3.8) is 0 Å². The SMILES string of the molecule is CCCCS(=O)(=O)NCCc1nnc(-c2cccc(OC)c2)o1. The van der Waals surface area contributed by atoms with Gasteiger partial charge in [-0.2, -0.15) is 0 Å². The van der Waals surface area contributed by atoms with Crippen molar-refractivity contribution in [2.24, 2.45) is 0 Å². The number of aromatic nitrogens is 2. The molecule has 0 unspecified atom stereocenters. The molecular formula is C15H21N3O4S. The number of hydrogen-bond acceptors (Lipinski definition) is 6. The van der Waals surface area contributed by atoms with Crippen LogP contribution in [-0.2, 0) is 16.4 Å². The summed E-state index contributed by atoms with van der Waals surface area (Å²) in [5.41, 5.74) is 0.756. The highest BCUT2D eigenvalue weighted by atomic mass is 32.2. The van der Waals surface area contributed by atoms with Crippen LogP contribution in [-0.4, -0.2) is 38.0 Å².